The van der Waals surface area contributed by atoms with Crippen molar-refractivity contribution in [3.63, 3.8) is 0 Å². The zero-order valence-electron chi connectivity index (χ0n) is 26.3. The second-order valence-electron chi connectivity index (χ2n) is 14.1. The maximum Gasteiger partial charge on any atom is 0.201 e. The van der Waals surface area contributed by atoms with E-state index in [1.54, 1.807) is 0 Å². The Morgan fingerprint density at radius 1 is 0.829 bits per heavy atom. The lowest BCUT2D eigenvalue weighted by atomic mass is 9.97. The number of aliphatic hydroxyl groups is 1. The fourth-order valence-electron chi connectivity index (χ4n) is 4.89. The quantitative estimate of drug-likeness (QED) is 0.165. The molecule has 0 aromatic carbocycles. The average molecular weight is 547 g/mol. The molecular weight excluding hydrogens is 485 g/mol. The zero-order valence-corrected chi connectivity index (χ0v) is 29.3. The molecule has 1 N–H and O–H groups in total. The van der Waals surface area contributed by atoms with Crippen molar-refractivity contribution < 1.29 is 18.4 Å². The second-order valence-corrected chi connectivity index (χ2v) is 28.8. The van der Waals surface area contributed by atoms with E-state index in [0.29, 0.717) is 23.2 Å². The van der Waals surface area contributed by atoms with Gasteiger partial charge >= 0.3 is 0 Å². The molecule has 4 nitrogen and oxygen atoms in total. The number of hydrogen-bond donors (Lipinski definition) is 1. The third-order valence-corrected chi connectivity index (χ3v) is 19.7. The molecule has 0 radical (unpaired) electrons. The van der Waals surface area contributed by atoms with Gasteiger partial charge in [0.05, 0.1) is 18.8 Å². The van der Waals surface area contributed by atoms with Gasteiger partial charge in [-0.1, -0.05) is 75.3 Å². The number of rotatable bonds is 15. The summed E-state index contributed by atoms with van der Waals surface area (Å²) < 4.78 is 20.5. The van der Waals surface area contributed by atoms with Crippen LogP contribution < -0.4 is 0 Å². The maximum absolute atomic E-state index is 10.0. The van der Waals surface area contributed by atoms with Gasteiger partial charge in [0.25, 0.3) is 0 Å². The van der Waals surface area contributed by atoms with Gasteiger partial charge in [-0.15, -0.1) is 0 Å². The molecule has 0 rings (SSSR count). The van der Waals surface area contributed by atoms with Gasteiger partial charge in [-0.3, -0.25) is 0 Å². The van der Waals surface area contributed by atoms with E-state index in [1.165, 1.54) is 5.57 Å². The maximum atomic E-state index is 10.0. The highest BCUT2D eigenvalue weighted by atomic mass is 28.4. The minimum absolute atomic E-state index is 0.0282. The van der Waals surface area contributed by atoms with Gasteiger partial charge in [-0.2, -0.15) is 0 Å². The van der Waals surface area contributed by atoms with Crippen LogP contribution in [0.4, 0.5) is 0 Å². The van der Waals surface area contributed by atoms with E-state index in [4.69, 9.17) is 13.3 Å². The van der Waals surface area contributed by atoms with Crippen molar-refractivity contribution in [1.29, 1.82) is 0 Å². The Bertz CT molecular complexity index is 624. The molecule has 0 bridgehead atoms. The Labute approximate surface area is 223 Å². The summed E-state index contributed by atoms with van der Waals surface area (Å²) in [4.78, 5) is 0. The molecule has 0 amide bonds. The van der Waals surface area contributed by atoms with E-state index in [9.17, 15) is 5.11 Å². The molecule has 0 unspecified atom stereocenters. The summed E-state index contributed by atoms with van der Waals surface area (Å²) in [6.45, 7) is 37.2. The molecule has 0 aliphatic rings. The van der Waals surface area contributed by atoms with Crippen molar-refractivity contribution >= 4 is 25.0 Å². The predicted molar refractivity (Wildman–Crippen MR) is 162 cm³/mol. The van der Waals surface area contributed by atoms with Crippen LogP contribution in [-0.4, -0.2) is 55.5 Å². The van der Waals surface area contributed by atoms with Gasteiger partial charge < -0.3 is 18.4 Å². The molecule has 0 aliphatic carbocycles. The smallest absolute Gasteiger partial charge is 0.201 e. The standard InChI is InChI=1S/C28H62O4Si3/c1-21(2)35(22(3)4,23(5)6)32-26(19-27(25(8)20-29)31-33(12,13)14)24(7)17-18-30-34(15,16)28(9,10)11/h17,21-23,25-27,29H,18-20H2,1-16H3/b24-17+/t25-,26+,27+/m1/s1. The van der Waals surface area contributed by atoms with Crippen LogP contribution in [0.5, 0.6) is 0 Å². The lowest BCUT2D eigenvalue weighted by molar-refractivity contribution is 0.0524. The largest absolute Gasteiger partial charge is 0.414 e. The molecule has 7 heteroatoms. The highest BCUT2D eigenvalue weighted by Crippen LogP contribution is 2.44. The molecule has 0 saturated carbocycles. The minimum Gasteiger partial charge on any atom is -0.414 e. The molecule has 0 aliphatic heterocycles. The number of hydrogen-bond acceptors (Lipinski definition) is 4. The predicted octanol–water partition coefficient (Wildman–Crippen LogP) is 8.75. The van der Waals surface area contributed by atoms with E-state index in [-0.39, 0.29) is 29.8 Å². The molecule has 210 valence electrons. The highest BCUT2D eigenvalue weighted by molar-refractivity contribution is 6.77. The Balaban J connectivity index is 6.29. The molecule has 0 saturated heterocycles. The third kappa shape index (κ3) is 10.5. The summed E-state index contributed by atoms with van der Waals surface area (Å²) in [6.07, 6.45) is 2.96. The lowest BCUT2D eigenvalue weighted by Gasteiger charge is -2.46. The zero-order chi connectivity index (χ0) is 28.0. The minimum atomic E-state index is -2.11. The van der Waals surface area contributed by atoms with E-state index >= 15 is 0 Å². The first-order valence-corrected chi connectivity index (χ1v) is 22.3. The molecule has 35 heavy (non-hydrogen) atoms. The van der Waals surface area contributed by atoms with Crippen molar-refractivity contribution in [2.75, 3.05) is 13.2 Å². The van der Waals surface area contributed by atoms with Crippen molar-refractivity contribution in [3.8, 4) is 0 Å². The van der Waals surface area contributed by atoms with E-state index in [0.717, 1.165) is 6.42 Å². The summed E-state index contributed by atoms with van der Waals surface area (Å²) >= 11 is 0. The Hall–Kier alpha value is 0.231. The fourth-order valence-corrected chi connectivity index (χ4v) is 12.7. The summed E-state index contributed by atoms with van der Waals surface area (Å²) in [5, 5.41) is 10.2. The van der Waals surface area contributed by atoms with Gasteiger partial charge in [0.1, 0.15) is 0 Å². The highest BCUT2D eigenvalue weighted by Gasteiger charge is 2.47. The normalized spacial score (nSPS) is 17.4. The van der Waals surface area contributed by atoms with Crippen LogP contribution in [0.1, 0.15) is 82.6 Å². The molecule has 0 spiro atoms. The van der Waals surface area contributed by atoms with E-state index in [2.05, 4.69) is 115 Å². The average Bonchev–Trinajstić information content (AvgIpc) is 2.66. The lowest BCUT2D eigenvalue weighted by Crippen LogP contribution is -2.51. The first kappa shape index (κ1) is 35.2. The van der Waals surface area contributed by atoms with Gasteiger partial charge in [0, 0.05) is 18.9 Å². The van der Waals surface area contributed by atoms with Crippen LogP contribution in [0.2, 0.25) is 54.4 Å². The molecular formula is C28H62O4Si3. The van der Waals surface area contributed by atoms with Crippen molar-refractivity contribution in [3.05, 3.63) is 11.6 Å². The van der Waals surface area contributed by atoms with Gasteiger partial charge in [0.2, 0.25) is 8.32 Å². The van der Waals surface area contributed by atoms with E-state index in [1.807, 2.05) is 0 Å². The SMILES string of the molecule is C/C(=C\CO[Si](C)(C)C(C)(C)C)[C@H](C[C@H](O[Si](C)(C)C)[C@H](C)CO)O[Si](C(C)C)(C(C)C)C(C)C. The van der Waals surface area contributed by atoms with Crippen LogP contribution in [0.3, 0.4) is 0 Å². The summed E-state index contributed by atoms with van der Waals surface area (Å²) in [7, 11) is -5.72. The Morgan fingerprint density at radius 2 is 1.29 bits per heavy atom. The molecule has 0 aromatic heterocycles. The fraction of sp³-hybridized carbons (Fsp3) is 0.929. The molecule has 0 heterocycles. The van der Waals surface area contributed by atoms with Gasteiger partial charge in [-0.25, -0.2) is 0 Å². The van der Waals surface area contributed by atoms with Crippen molar-refractivity contribution in [2.24, 2.45) is 5.92 Å². The number of aliphatic hydroxyl groups excluding tert-OH is 1. The van der Waals surface area contributed by atoms with E-state index < -0.39 is 25.0 Å². The van der Waals surface area contributed by atoms with Crippen molar-refractivity contribution in [1.82, 2.24) is 0 Å². The van der Waals surface area contributed by atoms with Crippen LogP contribution in [0.25, 0.3) is 0 Å². The van der Waals surface area contributed by atoms with Crippen LogP contribution >= 0.6 is 0 Å². The van der Waals surface area contributed by atoms with Crippen LogP contribution in [0, 0.1) is 5.92 Å². The Morgan fingerprint density at radius 3 is 1.63 bits per heavy atom. The van der Waals surface area contributed by atoms with Crippen molar-refractivity contribution in [2.45, 2.75) is 149 Å². The molecule has 0 fully saturated rings. The Kier molecular flexibility index (Phi) is 13.9. The first-order chi connectivity index (χ1) is 15.6. The molecule has 3 atom stereocenters. The first-order valence-electron chi connectivity index (χ1n) is 13.9. The summed E-state index contributed by atoms with van der Waals surface area (Å²) in [5.74, 6) is 0.0670. The third-order valence-electron chi connectivity index (χ3n) is 8.09. The van der Waals surface area contributed by atoms with Gasteiger partial charge in [0.15, 0.2) is 16.6 Å². The monoisotopic (exact) mass is 546 g/mol. The van der Waals surface area contributed by atoms with Gasteiger partial charge in [-0.05, 0) is 66.9 Å². The summed E-state index contributed by atoms with van der Waals surface area (Å²) in [6, 6.07) is 0. The van der Waals surface area contributed by atoms with Crippen LogP contribution in [-0.2, 0) is 13.3 Å². The van der Waals surface area contributed by atoms with Crippen LogP contribution in [0.15, 0.2) is 11.6 Å². The topological polar surface area (TPSA) is 47.9 Å². The molecule has 0 aromatic rings. The second kappa shape index (κ2) is 13.9. The summed E-state index contributed by atoms with van der Waals surface area (Å²) in [5.41, 5.74) is 2.76.